The van der Waals surface area contributed by atoms with Crippen LogP contribution < -0.4 is 10.1 Å². The molecular formula is C22H24N4O2S. The first kappa shape index (κ1) is 19.5. The van der Waals surface area contributed by atoms with E-state index in [1.807, 2.05) is 73.1 Å². The van der Waals surface area contributed by atoms with Crippen molar-refractivity contribution in [3.8, 4) is 5.75 Å². The van der Waals surface area contributed by atoms with Crippen molar-refractivity contribution < 1.29 is 9.53 Å². The van der Waals surface area contributed by atoms with Gasteiger partial charge in [0.05, 0.1) is 5.25 Å². The predicted octanol–water partition coefficient (Wildman–Crippen LogP) is 4.39. The predicted molar refractivity (Wildman–Crippen MR) is 114 cm³/mol. The Labute approximate surface area is 174 Å². The fourth-order valence-corrected chi connectivity index (χ4v) is 3.78. The molecule has 0 unspecified atom stereocenters. The van der Waals surface area contributed by atoms with Gasteiger partial charge < -0.3 is 14.6 Å². The summed E-state index contributed by atoms with van der Waals surface area (Å²) >= 11 is 1.43. The average molecular weight is 409 g/mol. The molecule has 4 rings (SSSR count). The van der Waals surface area contributed by atoms with Crippen molar-refractivity contribution in [2.24, 2.45) is 7.05 Å². The van der Waals surface area contributed by atoms with Crippen LogP contribution in [-0.2, 0) is 18.4 Å². The van der Waals surface area contributed by atoms with E-state index in [1.54, 1.807) is 0 Å². The maximum Gasteiger partial charge on any atom is 0.237 e. The van der Waals surface area contributed by atoms with Crippen molar-refractivity contribution in [2.75, 3.05) is 5.32 Å². The van der Waals surface area contributed by atoms with Gasteiger partial charge in [-0.25, -0.2) is 0 Å². The highest BCUT2D eigenvalue weighted by molar-refractivity contribution is 8.00. The van der Waals surface area contributed by atoms with Gasteiger partial charge in [-0.3, -0.25) is 4.79 Å². The second-order valence-electron chi connectivity index (χ2n) is 7.22. The van der Waals surface area contributed by atoms with E-state index in [0.717, 1.165) is 28.0 Å². The number of thioether (sulfide) groups is 1. The Morgan fingerprint density at radius 2 is 1.90 bits per heavy atom. The Kier molecular flexibility index (Phi) is 5.85. The van der Waals surface area contributed by atoms with Crippen LogP contribution in [0.15, 0.2) is 59.8 Å². The molecule has 7 heteroatoms. The number of nitrogens with zero attached hydrogens (tertiary/aromatic N) is 3. The second kappa shape index (κ2) is 8.69. The molecule has 0 aliphatic heterocycles. The topological polar surface area (TPSA) is 69.0 Å². The molecule has 1 aliphatic rings. The number of hydrogen-bond donors (Lipinski definition) is 1. The molecule has 6 nitrogen and oxygen atoms in total. The maximum absolute atomic E-state index is 12.6. The highest BCUT2D eigenvalue weighted by Gasteiger charge is 2.30. The van der Waals surface area contributed by atoms with Gasteiger partial charge in [0, 0.05) is 18.7 Å². The van der Waals surface area contributed by atoms with Gasteiger partial charge in [0.1, 0.15) is 18.2 Å². The van der Waals surface area contributed by atoms with E-state index in [9.17, 15) is 4.79 Å². The van der Waals surface area contributed by atoms with E-state index in [-0.39, 0.29) is 11.2 Å². The second-order valence-corrected chi connectivity index (χ2v) is 8.53. The van der Waals surface area contributed by atoms with Crippen LogP contribution in [0.4, 0.5) is 5.69 Å². The fraction of sp³-hybridized carbons (Fsp3) is 0.318. The van der Waals surface area contributed by atoms with Crippen LogP contribution in [0.25, 0.3) is 0 Å². The molecule has 2 aromatic carbocycles. The lowest BCUT2D eigenvalue weighted by Crippen LogP contribution is -2.22. The van der Waals surface area contributed by atoms with Gasteiger partial charge in [-0.1, -0.05) is 42.1 Å². The monoisotopic (exact) mass is 408 g/mol. The number of ether oxygens (including phenoxy) is 1. The molecule has 1 saturated carbocycles. The molecule has 150 valence electrons. The van der Waals surface area contributed by atoms with Crippen molar-refractivity contribution in [1.82, 2.24) is 14.8 Å². The molecule has 1 N–H and O–H groups in total. The third-order valence-electron chi connectivity index (χ3n) is 4.83. The molecular weight excluding hydrogens is 384 g/mol. The van der Waals surface area contributed by atoms with Gasteiger partial charge in [-0.05, 0) is 49.6 Å². The third kappa shape index (κ3) is 4.98. The van der Waals surface area contributed by atoms with Gasteiger partial charge in [-0.15, -0.1) is 10.2 Å². The zero-order chi connectivity index (χ0) is 20.2. The number of rotatable bonds is 8. The lowest BCUT2D eigenvalue weighted by Gasteiger charge is -2.12. The lowest BCUT2D eigenvalue weighted by molar-refractivity contribution is -0.115. The number of aromatic nitrogens is 3. The Morgan fingerprint density at radius 1 is 1.17 bits per heavy atom. The van der Waals surface area contributed by atoms with E-state index < -0.39 is 0 Å². The summed E-state index contributed by atoms with van der Waals surface area (Å²) in [5, 5.41) is 12.0. The van der Waals surface area contributed by atoms with Crippen molar-refractivity contribution in [3.63, 3.8) is 0 Å². The van der Waals surface area contributed by atoms with Crippen LogP contribution >= 0.6 is 11.8 Å². The van der Waals surface area contributed by atoms with Crippen molar-refractivity contribution in [1.29, 1.82) is 0 Å². The number of hydrogen-bond acceptors (Lipinski definition) is 5. The molecule has 1 fully saturated rings. The molecule has 3 aromatic rings. The fourth-order valence-electron chi connectivity index (χ4n) is 2.96. The third-order valence-corrected chi connectivity index (χ3v) is 5.97. The minimum absolute atomic E-state index is 0.0658. The van der Waals surface area contributed by atoms with E-state index in [1.165, 1.54) is 24.6 Å². The molecule has 1 atom stereocenters. The summed E-state index contributed by atoms with van der Waals surface area (Å²) in [5.74, 6) is 2.25. The molecule has 1 aromatic heterocycles. The molecule has 29 heavy (non-hydrogen) atoms. The normalized spacial score (nSPS) is 14.4. The van der Waals surface area contributed by atoms with Crippen LogP contribution in [0.2, 0.25) is 0 Å². The van der Waals surface area contributed by atoms with Gasteiger partial charge in [0.15, 0.2) is 5.16 Å². The largest absolute Gasteiger partial charge is 0.489 e. The minimum atomic E-state index is -0.279. The molecule has 1 aliphatic carbocycles. The van der Waals surface area contributed by atoms with E-state index >= 15 is 0 Å². The smallest absolute Gasteiger partial charge is 0.237 e. The SMILES string of the molecule is C[C@@H](Sc1nnc(C2CC2)n1C)C(=O)Nc1ccc(OCc2ccccc2)cc1. The van der Waals surface area contributed by atoms with Crippen LogP contribution in [0, 0.1) is 0 Å². The molecule has 1 heterocycles. The van der Waals surface area contributed by atoms with Gasteiger partial charge in [0.2, 0.25) is 5.91 Å². The van der Waals surface area contributed by atoms with Crippen molar-refractivity contribution >= 4 is 23.4 Å². The number of anilines is 1. The zero-order valence-electron chi connectivity index (χ0n) is 16.5. The first-order valence-electron chi connectivity index (χ1n) is 9.74. The summed E-state index contributed by atoms with van der Waals surface area (Å²) in [6.45, 7) is 2.39. The lowest BCUT2D eigenvalue weighted by atomic mass is 10.2. The Hall–Kier alpha value is -2.80. The Balaban J connectivity index is 1.29. The molecule has 0 saturated heterocycles. The minimum Gasteiger partial charge on any atom is -0.489 e. The average Bonchev–Trinajstić information content (AvgIpc) is 3.52. The number of nitrogens with one attached hydrogen (secondary N) is 1. The summed E-state index contributed by atoms with van der Waals surface area (Å²) in [5.41, 5.74) is 1.86. The summed E-state index contributed by atoms with van der Waals surface area (Å²) in [6, 6.07) is 17.4. The van der Waals surface area contributed by atoms with E-state index in [0.29, 0.717) is 12.5 Å². The van der Waals surface area contributed by atoms with Gasteiger partial charge in [0.25, 0.3) is 0 Å². The number of carbonyl (C=O) groups is 1. The number of amides is 1. The molecule has 1 amide bonds. The first-order chi connectivity index (χ1) is 14.1. The summed E-state index contributed by atoms with van der Waals surface area (Å²) < 4.78 is 7.79. The zero-order valence-corrected chi connectivity index (χ0v) is 17.4. The summed E-state index contributed by atoms with van der Waals surface area (Å²) in [4.78, 5) is 12.6. The van der Waals surface area contributed by atoms with Crippen molar-refractivity contribution in [2.45, 2.75) is 42.7 Å². The molecule has 0 radical (unpaired) electrons. The highest BCUT2D eigenvalue weighted by atomic mass is 32.2. The maximum atomic E-state index is 12.6. The van der Waals surface area contributed by atoms with Crippen molar-refractivity contribution in [3.05, 3.63) is 66.0 Å². The quantitative estimate of drug-likeness (QED) is 0.560. The Morgan fingerprint density at radius 3 is 2.59 bits per heavy atom. The van der Waals surface area contributed by atoms with Gasteiger partial charge >= 0.3 is 0 Å². The molecule has 0 bridgehead atoms. The Bertz CT molecular complexity index is 968. The van der Waals surface area contributed by atoms with Gasteiger partial charge in [-0.2, -0.15) is 0 Å². The standard InChI is InChI=1S/C22H24N4O2S/c1-15(29-22-25-24-20(26(22)2)17-8-9-17)21(27)23-18-10-12-19(13-11-18)28-14-16-6-4-3-5-7-16/h3-7,10-13,15,17H,8-9,14H2,1-2H3,(H,23,27)/t15-/m1/s1. The van der Waals surface area contributed by atoms with Crippen LogP contribution in [0.1, 0.15) is 37.1 Å². The van der Waals surface area contributed by atoms with E-state index in [2.05, 4.69) is 15.5 Å². The molecule has 0 spiro atoms. The number of carbonyl (C=O) groups excluding carboxylic acids is 1. The van der Waals surface area contributed by atoms with Crippen LogP contribution in [-0.4, -0.2) is 25.9 Å². The number of benzene rings is 2. The van der Waals surface area contributed by atoms with E-state index in [4.69, 9.17) is 4.74 Å². The summed E-state index contributed by atoms with van der Waals surface area (Å²) in [6.07, 6.45) is 2.36. The first-order valence-corrected chi connectivity index (χ1v) is 10.6. The van der Waals surface area contributed by atoms with Crippen LogP contribution in [0.5, 0.6) is 5.75 Å². The highest BCUT2D eigenvalue weighted by Crippen LogP contribution is 2.39. The van der Waals surface area contributed by atoms with Crippen LogP contribution in [0.3, 0.4) is 0 Å². The summed E-state index contributed by atoms with van der Waals surface area (Å²) in [7, 11) is 1.97.